The Morgan fingerprint density at radius 1 is 1.13 bits per heavy atom. The molecule has 0 saturated carbocycles. The van der Waals surface area contributed by atoms with E-state index in [9.17, 15) is 18.0 Å². The Morgan fingerprint density at radius 3 is 2.35 bits per heavy atom. The van der Waals surface area contributed by atoms with E-state index in [1.165, 1.54) is 11.4 Å². The molecule has 2 aromatic rings. The van der Waals surface area contributed by atoms with Gasteiger partial charge >= 0.3 is 5.97 Å². The van der Waals surface area contributed by atoms with Crippen LogP contribution in [0.1, 0.15) is 63.9 Å². The Bertz CT molecular complexity index is 1050. The predicted molar refractivity (Wildman–Crippen MR) is 116 cm³/mol. The van der Waals surface area contributed by atoms with Crippen LogP contribution in [0.2, 0.25) is 0 Å². The average Bonchev–Trinajstić information content (AvgIpc) is 3.14. The molecule has 1 amide bonds. The number of hydrogen-bond donors (Lipinski definition) is 2. The molecule has 0 radical (unpaired) electrons. The zero-order valence-electron chi connectivity index (χ0n) is 18.2. The van der Waals surface area contributed by atoms with E-state index in [1.807, 2.05) is 6.92 Å². The summed E-state index contributed by atoms with van der Waals surface area (Å²) in [6, 6.07) is 6.57. The van der Waals surface area contributed by atoms with Crippen molar-refractivity contribution in [3.63, 3.8) is 0 Å². The molecule has 1 fully saturated rings. The number of aryl methyl sites for hydroxylation is 1. The Morgan fingerprint density at radius 2 is 1.77 bits per heavy atom. The van der Waals surface area contributed by atoms with Crippen LogP contribution in [0.15, 0.2) is 29.2 Å². The van der Waals surface area contributed by atoms with E-state index in [0.29, 0.717) is 42.0 Å². The maximum absolute atomic E-state index is 12.7. The number of aromatic nitrogens is 1. The number of piperidine rings is 1. The first-order valence-electron chi connectivity index (χ1n) is 10.5. The highest BCUT2D eigenvalue weighted by molar-refractivity contribution is 7.89. The summed E-state index contributed by atoms with van der Waals surface area (Å²) >= 11 is 0. The number of benzene rings is 1. The number of nitrogens with one attached hydrogen (secondary N) is 2. The summed E-state index contributed by atoms with van der Waals surface area (Å²) in [5, 5.41) is 2.82. The maximum atomic E-state index is 12.7. The quantitative estimate of drug-likeness (QED) is 0.635. The normalized spacial score (nSPS) is 14.9. The van der Waals surface area contributed by atoms with E-state index >= 15 is 0 Å². The fourth-order valence-corrected chi connectivity index (χ4v) is 5.35. The Kier molecular flexibility index (Phi) is 7.17. The summed E-state index contributed by atoms with van der Waals surface area (Å²) in [5.41, 5.74) is 2.69. The number of nitrogens with zero attached hydrogens (tertiary/aromatic N) is 1. The third-order valence-electron chi connectivity index (χ3n) is 5.63. The lowest BCUT2D eigenvalue weighted by molar-refractivity contribution is 0.0599. The van der Waals surface area contributed by atoms with E-state index < -0.39 is 16.0 Å². The number of sulfonamides is 1. The summed E-state index contributed by atoms with van der Waals surface area (Å²) < 4.78 is 31.8. The Labute approximate surface area is 183 Å². The molecular formula is C22H29N3O5S. The maximum Gasteiger partial charge on any atom is 0.339 e. The lowest BCUT2D eigenvalue weighted by Crippen LogP contribution is -2.35. The molecule has 1 aromatic heterocycles. The molecular weight excluding hydrogens is 418 g/mol. The van der Waals surface area contributed by atoms with Crippen LogP contribution in [-0.4, -0.2) is 49.8 Å². The van der Waals surface area contributed by atoms with Crippen LogP contribution in [0, 0.1) is 6.92 Å². The number of rotatable bonds is 7. The van der Waals surface area contributed by atoms with Crippen molar-refractivity contribution in [1.29, 1.82) is 0 Å². The third kappa shape index (κ3) is 4.83. The van der Waals surface area contributed by atoms with E-state index in [4.69, 9.17) is 4.74 Å². The van der Waals surface area contributed by atoms with Crippen LogP contribution in [0.4, 0.5) is 0 Å². The van der Waals surface area contributed by atoms with Crippen LogP contribution in [-0.2, 0) is 27.7 Å². The van der Waals surface area contributed by atoms with Crippen LogP contribution < -0.4 is 5.32 Å². The minimum Gasteiger partial charge on any atom is -0.465 e. The van der Waals surface area contributed by atoms with Crippen molar-refractivity contribution in [3.05, 3.63) is 52.3 Å². The second kappa shape index (κ2) is 9.65. The third-order valence-corrected chi connectivity index (χ3v) is 7.54. The molecule has 0 bridgehead atoms. The van der Waals surface area contributed by atoms with Gasteiger partial charge in [0.15, 0.2) is 0 Å². The predicted octanol–water partition coefficient (Wildman–Crippen LogP) is 2.78. The number of methoxy groups -OCH3 is 1. The molecule has 1 aliphatic heterocycles. The molecule has 1 saturated heterocycles. The van der Waals surface area contributed by atoms with Crippen molar-refractivity contribution in [1.82, 2.24) is 14.6 Å². The smallest absolute Gasteiger partial charge is 0.339 e. The van der Waals surface area contributed by atoms with Gasteiger partial charge in [0.2, 0.25) is 10.0 Å². The van der Waals surface area contributed by atoms with Crippen molar-refractivity contribution < 1.29 is 22.7 Å². The monoisotopic (exact) mass is 447 g/mol. The van der Waals surface area contributed by atoms with E-state index in [1.54, 1.807) is 31.2 Å². The first-order chi connectivity index (χ1) is 14.8. The first kappa shape index (κ1) is 23.0. The summed E-state index contributed by atoms with van der Waals surface area (Å²) in [4.78, 5) is 28.0. The molecule has 9 heteroatoms. The zero-order chi connectivity index (χ0) is 22.6. The van der Waals surface area contributed by atoms with Crippen LogP contribution >= 0.6 is 0 Å². The molecule has 8 nitrogen and oxygen atoms in total. The number of amides is 1. The summed E-state index contributed by atoms with van der Waals surface area (Å²) in [6.07, 6.45) is 3.40. The van der Waals surface area contributed by atoms with Gasteiger partial charge in [-0.3, -0.25) is 4.79 Å². The Balaban J connectivity index is 1.69. The van der Waals surface area contributed by atoms with Crippen molar-refractivity contribution in [2.24, 2.45) is 0 Å². The van der Waals surface area contributed by atoms with Gasteiger partial charge in [0, 0.05) is 25.3 Å². The molecule has 0 atom stereocenters. The highest BCUT2D eigenvalue weighted by Gasteiger charge is 2.26. The van der Waals surface area contributed by atoms with Gasteiger partial charge in [0.05, 0.1) is 17.6 Å². The largest absolute Gasteiger partial charge is 0.465 e. The highest BCUT2D eigenvalue weighted by Crippen LogP contribution is 2.22. The van der Waals surface area contributed by atoms with Crippen molar-refractivity contribution in [3.8, 4) is 0 Å². The number of hydrogen-bond acceptors (Lipinski definition) is 5. The molecule has 0 unspecified atom stereocenters. The van der Waals surface area contributed by atoms with Gasteiger partial charge in [-0.15, -0.1) is 0 Å². The van der Waals surface area contributed by atoms with Crippen LogP contribution in [0.25, 0.3) is 0 Å². The fourth-order valence-electron chi connectivity index (χ4n) is 3.83. The SMILES string of the molecule is CCc1[nH]c(C(=O)NCc2ccc(S(=O)(=O)N3CCCCC3)cc2)c(C)c1C(=O)OC. The second-order valence-corrected chi connectivity index (χ2v) is 9.55. The summed E-state index contributed by atoms with van der Waals surface area (Å²) in [6.45, 7) is 4.94. The Hall–Kier alpha value is -2.65. The molecule has 1 aromatic carbocycles. The van der Waals surface area contributed by atoms with E-state index in [0.717, 1.165) is 24.8 Å². The van der Waals surface area contributed by atoms with Crippen LogP contribution in [0.3, 0.4) is 0 Å². The number of carbonyl (C=O) groups is 2. The minimum atomic E-state index is -3.48. The highest BCUT2D eigenvalue weighted by atomic mass is 32.2. The van der Waals surface area contributed by atoms with Crippen molar-refractivity contribution in [2.45, 2.75) is 51.0 Å². The van der Waals surface area contributed by atoms with Gasteiger partial charge in [0.25, 0.3) is 5.91 Å². The van der Waals surface area contributed by atoms with Gasteiger partial charge in [-0.1, -0.05) is 25.5 Å². The molecule has 168 valence electrons. The number of H-pyrrole nitrogens is 1. The number of aromatic amines is 1. The van der Waals surface area contributed by atoms with Gasteiger partial charge in [-0.05, 0) is 49.4 Å². The van der Waals surface area contributed by atoms with Gasteiger partial charge in [-0.2, -0.15) is 4.31 Å². The standard InChI is InChI=1S/C22H29N3O5S/c1-4-18-19(22(27)30-3)15(2)20(24-18)21(26)23-14-16-8-10-17(11-9-16)31(28,29)25-12-6-5-7-13-25/h8-11,24H,4-7,12-14H2,1-3H3,(H,23,26). The number of esters is 1. The molecule has 2 heterocycles. The number of carbonyl (C=O) groups excluding carboxylic acids is 2. The zero-order valence-corrected chi connectivity index (χ0v) is 19.0. The molecule has 3 rings (SSSR count). The minimum absolute atomic E-state index is 0.232. The van der Waals surface area contributed by atoms with Gasteiger partial charge < -0.3 is 15.0 Å². The van der Waals surface area contributed by atoms with Crippen molar-refractivity contribution >= 4 is 21.9 Å². The van der Waals surface area contributed by atoms with E-state index in [2.05, 4.69) is 10.3 Å². The molecule has 2 N–H and O–H groups in total. The molecule has 0 spiro atoms. The lowest BCUT2D eigenvalue weighted by atomic mass is 10.1. The number of ether oxygens (including phenoxy) is 1. The molecule has 1 aliphatic rings. The first-order valence-corrected chi connectivity index (χ1v) is 11.9. The second-order valence-electron chi connectivity index (χ2n) is 7.62. The topological polar surface area (TPSA) is 109 Å². The average molecular weight is 448 g/mol. The fraction of sp³-hybridized carbons (Fsp3) is 0.455. The van der Waals surface area contributed by atoms with Crippen LogP contribution in [0.5, 0.6) is 0 Å². The van der Waals surface area contributed by atoms with E-state index in [-0.39, 0.29) is 17.3 Å². The lowest BCUT2D eigenvalue weighted by Gasteiger charge is -2.25. The van der Waals surface area contributed by atoms with Gasteiger partial charge in [0.1, 0.15) is 5.69 Å². The molecule has 0 aliphatic carbocycles. The molecule has 31 heavy (non-hydrogen) atoms. The van der Waals surface area contributed by atoms with Gasteiger partial charge in [-0.25, -0.2) is 13.2 Å². The van der Waals surface area contributed by atoms with Crippen molar-refractivity contribution in [2.75, 3.05) is 20.2 Å². The summed E-state index contributed by atoms with van der Waals surface area (Å²) in [7, 11) is -2.17. The summed E-state index contributed by atoms with van der Waals surface area (Å²) in [5.74, 6) is -0.817.